The van der Waals surface area contributed by atoms with Crippen LogP contribution in [0.2, 0.25) is 0 Å². The summed E-state index contributed by atoms with van der Waals surface area (Å²) < 4.78 is 1.41. The van der Waals surface area contributed by atoms with Gasteiger partial charge < -0.3 is 15.1 Å². The lowest BCUT2D eigenvalue weighted by Crippen LogP contribution is -2.49. The molecule has 2 aliphatic rings. The minimum atomic E-state index is -0.0706. The summed E-state index contributed by atoms with van der Waals surface area (Å²) in [7, 11) is 0. The van der Waals surface area contributed by atoms with Gasteiger partial charge >= 0.3 is 6.03 Å². The number of carbonyl (C=O) groups is 1. The number of rotatable bonds is 5. The molecule has 0 spiro atoms. The minimum Gasteiger partial charge on any atom is -0.371 e. The smallest absolute Gasteiger partial charge is 0.344 e. The van der Waals surface area contributed by atoms with Gasteiger partial charge in [-0.1, -0.05) is 18.7 Å². The van der Waals surface area contributed by atoms with Crippen LogP contribution < -0.4 is 10.2 Å². The summed E-state index contributed by atoms with van der Waals surface area (Å²) in [6.07, 6.45) is 5.61. The van der Waals surface area contributed by atoms with Gasteiger partial charge in [0.05, 0.1) is 0 Å². The number of benzene rings is 1. The third kappa shape index (κ3) is 5.28. The van der Waals surface area contributed by atoms with E-state index in [4.69, 9.17) is 0 Å². The van der Waals surface area contributed by atoms with E-state index in [0.29, 0.717) is 18.9 Å². The summed E-state index contributed by atoms with van der Waals surface area (Å²) >= 11 is 0. The molecular weight excluding hydrogens is 388 g/mol. The van der Waals surface area contributed by atoms with Gasteiger partial charge in [-0.25, -0.2) is 4.79 Å². The number of hydrogen-bond acceptors (Lipinski definition) is 5. The molecule has 0 aliphatic carbocycles. The highest BCUT2D eigenvalue weighted by Gasteiger charge is 2.24. The molecule has 7 heteroatoms. The minimum absolute atomic E-state index is 0.0706. The van der Waals surface area contributed by atoms with E-state index in [1.54, 1.807) is 12.3 Å². The maximum atomic E-state index is 12.8. The van der Waals surface area contributed by atoms with E-state index in [1.165, 1.54) is 40.8 Å². The molecule has 0 bridgehead atoms. The molecule has 3 heterocycles. The predicted octanol–water partition coefficient (Wildman–Crippen LogP) is 3.91. The van der Waals surface area contributed by atoms with Gasteiger partial charge in [-0.15, -0.1) is 5.10 Å². The molecule has 0 unspecified atom stereocenters. The Hall–Kier alpha value is -2.80. The third-order valence-corrected chi connectivity index (χ3v) is 6.10. The van der Waals surface area contributed by atoms with Crippen LogP contribution >= 0.6 is 0 Å². The molecule has 1 amide bonds. The second-order valence-corrected chi connectivity index (χ2v) is 8.78. The van der Waals surface area contributed by atoms with Gasteiger partial charge in [0.2, 0.25) is 0 Å². The van der Waals surface area contributed by atoms with Crippen LogP contribution in [0, 0.1) is 6.92 Å². The maximum absolute atomic E-state index is 12.8. The lowest BCUT2D eigenvalue weighted by Gasteiger charge is -2.36. The van der Waals surface area contributed by atoms with Crippen molar-refractivity contribution in [2.24, 2.45) is 0 Å². The van der Waals surface area contributed by atoms with Gasteiger partial charge in [-0.05, 0) is 50.3 Å². The predicted molar refractivity (Wildman–Crippen MR) is 126 cm³/mol. The van der Waals surface area contributed by atoms with Crippen LogP contribution in [0.5, 0.6) is 0 Å². The zero-order valence-electron chi connectivity index (χ0n) is 18.8. The van der Waals surface area contributed by atoms with E-state index in [9.17, 15) is 4.79 Å². The number of piperazine rings is 1. The summed E-state index contributed by atoms with van der Waals surface area (Å²) in [4.78, 5) is 19.7. The van der Waals surface area contributed by atoms with E-state index in [0.717, 1.165) is 38.4 Å². The maximum Gasteiger partial charge on any atom is 0.344 e. The van der Waals surface area contributed by atoms with Crippen molar-refractivity contribution in [1.29, 1.82) is 0 Å². The van der Waals surface area contributed by atoms with Gasteiger partial charge in [0.25, 0.3) is 0 Å². The van der Waals surface area contributed by atoms with Gasteiger partial charge in [0, 0.05) is 69.5 Å². The molecule has 0 atom stereocenters. The Kier molecular flexibility index (Phi) is 6.61. The third-order valence-electron chi connectivity index (χ3n) is 6.10. The Morgan fingerprint density at radius 1 is 1.06 bits per heavy atom. The highest BCUT2D eigenvalue weighted by molar-refractivity contribution is 5.76. The molecule has 1 aromatic carbocycles. The van der Waals surface area contributed by atoms with E-state index < -0.39 is 0 Å². The Bertz CT molecular complexity index is 922. The van der Waals surface area contributed by atoms with E-state index in [2.05, 4.69) is 51.9 Å². The first-order valence-electron chi connectivity index (χ1n) is 11.3. The number of piperidine rings is 1. The number of nitrogens with one attached hydrogen (secondary N) is 1. The largest absolute Gasteiger partial charge is 0.371 e. The molecule has 0 radical (unpaired) electrons. The monoisotopic (exact) mass is 422 g/mol. The van der Waals surface area contributed by atoms with Crippen molar-refractivity contribution in [2.75, 3.05) is 49.5 Å². The molecule has 4 rings (SSSR count). The first-order valence-corrected chi connectivity index (χ1v) is 11.3. The average Bonchev–Trinajstić information content (AvgIpc) is 3.23. The van der Waals surface area contributed by atoms with Crippen LogP contribution in [-0.2, 0) is 6.54 Å². The number of anilines is 2. The van der Waals surface area contributed by atoms with Crippen LogP contribution in [0.15, 0.2) is 42.7 Å². The van der Waals surface area contributed by atoms with Crippen LogP contribution in [0.25, 0.3) is 0 Å². The average molecular weight is 423 g/mol. The molecule has 31 heavy (non-hydrogen) atoms. The molecule has 2 saturated heterocycles. The standard InChI is InChI=1S/C24H34N6O/c1-19(2)25-23-9-12-30(26-23)24(31)29-15-13-27(14-16-29)18-21-8-7-20(3)17-22(21)28-10-5-4-6-11-28/h7-9,12,17H,1,4-6,10-11,13-16,18H2,2-3H3,(H,25,26). The van der Waals surface area contributed by atoms with Crippen molar-refractivity contribution in [3.8, 4) is 0 Å². The lowest BCUT2D eigenvalue weighted by atomic mass is 10.0. The SMILES string of the molecule is C=C(C)Nc1ccn(C(=O)N2CCN(Cc3ccc(C)cc3N3CCCCC3)CC2)n1. The molecule has 166 valence electrons. The summed E-state index contributed by atoms with van der Waals surface area (Å²) in [5.74, 6) is 0.643. The van der Waals surface area contributed by atoms with Crippen LogP contribution in [-0.4, -0.2) is 64.9 Å². The number of amides is 1. The first-order chi connectivity index (χ1) is 15.0. The quantitative estimate of drug-likeness (QED) is 0.792. The Balaban J connectivity index is 1.36. The summed E-state index contributed by atoms with van der Waals surface area (Å²) in [5, 5.41) is 7.36. The number of aromatic nitrogens is 2. The second-order valence-electron chi connectivity index (χ2n) is 8.78. The zero-order valence-corrected chi connectivity index (χ0v) is 18.8. The van der Waals surface area contributed by atoms with Crippen LogP contribution in [0.1, 0.15) is 37.3 Å². The van der Waals surface area contributed by atoms with Gasteiger partial charge in [0.1, 0.15) is 0 Å². The van der Waals surface area contributed by atoms with Crippen molar-refractivity contribution < 1.29 is 4.79 Å². The number of nitrogens with zero attached hydrogens (tertiary/aromatic N) is 5. The van der Waals surface area contributed by atoms with E-state index >= 15 is 0 Å². The molecule has 2 aromatic rings. The lowest BCUT2D eigenvalue weighted by molar-refractivity contribution is 0.134. The van der Waals surface area contributed by atoms with Crippen molar-refractivity contribution in [3.05, 3.63) is 53.9 Å². The molecule has 2 aliphatic heterocycles. The van der Waals surface area contributed by atoms with Crippen LogP contribution in [0.3, 0.4) is 0 Å². The molecule has 1 aromatic heterocycles. The molecular formula is C24H34N6O. The van der Waals surface area contributed by atoms with Crippen LogP contribution in [0.4, 0.5) is 16.3 Å². The number of aryl methyl sites for hydroxylation is 1. The summed E-state index contributed by atoms with van der Waals surface area (Å²) in [6, 6.07) is 8.57. The van der Waals surface area contributed by atoms with E-state index in [-0.39, 0.29) is 6.03 Å². The highest BCUT2D eigenvalue weighted by Crippen LogP contribution is 2.27. The van der Waals surface area contributed by atoms with Gasteiger partial charge in [0.15, 0.2) is 5.82 Å². The normalized spacial score (nSPS) is 17.6. The van der Waals surface area contributed by atoms with Crippen molar-refractivity contribution in [3.63, 3.8) is 0 Å². The topological polar surface area (TPSA) is 56.6 Å². The number of carbonyl (C=O) groups excluding carboxylic acids is 1. The fraction of sp³-hybridized carbons (Fsp3) is 0.500. The first kappa shape index (κ1) is 21.4. The van der Waals surface area contributed by atoms with Gasteiger partial charge in [-0.3, -0.25) is 4.90 Å². The molecule has 1 N–H and O–H groups in total. The molecule has 2 fully saturated rings. The number of allylic oxidation sites excluding steroid dienone is 1. The van der Waals surface area contributed by atoms with Crippen molar-refractivity contribution in [1.82, 2.24) is 19.6 Å². The van der Waals surface area contributed by atoms with E-state index in [1.807, 2.05) is 11.8 Å². The fourth-order valence-corrected chi connectivity index (χ4v) is 4.44. The second kappa shape index (κ2) is 9.56. The fourth-order valence-electron chi connectivity index (χ4n) is 4.44. The molecule has 7 nitrogen and oxygen atoms in total. The molecule has 0 saturated carbocycles. The van der Waals surface area contributed by atoms with Gasteiger partial charge in [-0.2, -0.15) is 4.68 Å². The Morgan fingerprint density at radius 2 is 1.81 bits per heavy atom. The van der Waals surface area contributed by atoms with Crippen molar-refractivity contribution >= 4 is 17.5 Å². The Morgan fingerprint density at radius 3 is 2.52 bits per heavy atom. The summed E-state index contributed by atoms with van der Waals surface area (Å²) in [6.45, 7) is 14.3. The number of hydrogen-bond donors (Lipinski definition) is 1. The zero-order chi connectivity index (χ0) is 21.8. The summed E-state index contributed by atoms with van der Waals surface area (Å²) in [5.41, 5.74) is 4.91. The Labute approximate surface area is 185 Å². The van der Waals surface area contributed by atoms with Crippen molar-refractivity contribution in [2.45, 2.75) is 39.7 Å². The highest BCUT2D eigenvalue weighted by atomic mass is 16.2.